The highest BCUT2D eigenvalue weighted by Gasteiger charge is 2.50. The Labute approximate surface area is 196 Å². The van der Waals surface area contributed by atoms with Gasteiger partial charge in [0.05, 0.1) is 0 Å². The van der Waals surface area contributed by atoms with Gasteiger partial charge in [-0.3, -0.25) is 19.3 Å². The second-order valence-electron chi connectivity index (χ2n) is 10.0. The van der Waals surface area contributed by atoms with Gasteiger partial charge in [0.15, 0.2) is 0 Å². The lowest BCUT2D eigenvalue weighted by Crippen LogP contribution is -2.54. The average Bonchev–Trinajstić information content (AvgIpc) is 3.36. The number of carbonyl (C=O) groups is 3. The fraction of sp³-hybridized carbons (Fsp3) is 0.542. The van der Waals surface area contributed by atoms with Gasteiger partial charge in [0.1, 0.15) is 12.8 Å². The number of piperidine rings is 1. The van der Waals surface area contributed by atoms with Crippen LogP contribution in [0.2, 0.25) is 0 Å². The number of likely N-dealkylation sites (tertiary alicyclic amines) is 1. The molecule has 3 heterocycles. The molecule has 34 heavy (non-hydrogen) atoms. The Morgan fingerprint density at radius 2 is 2.00 bits per heavy atom. The Balaban J connectivity index is 1.09. The Kier molecular flexibility index (Phi) is 4.94. The highest BCUT2D eigenvalue weighted by molar-refractivity contribution is 6.05. The van der Waals surface area contributed by atoms with Gasteiger partial charge < -0.3 is 19.7 Å². The molecule has 2 aliphatic heterocycles. The number of benzene rings is 1. The number of imide groups is 1. The molecule has 3 amide bonds. The first-order valence-corrected chi connectivity index (χ1v) is 11.9. The van der Waals surface area contributed by atoms with Gasteiger partial charge >= 0.3 is 6.01 Å². The first-order chi connectivity index (χ1) is 16.5. The van der Waals surface area contributed by atoms with E-state index in [-0.39, 0.29) is 18.7 Å². The van der Waals surface area contributed by atoms with Crippen molar-refractivity contribution in [3.05, 3.63) is 40.8 Å². The Hall–Kier alpha value is -3.27. The molecule has 178 valence electrons. The number of nitrogens with zero attached hydrogens (tertiary/aromatic N) is 4. The van der Waals surface area contributed by atoms with E-state index in [0.29, 0.717) is 41.9 Å². The summed E-state index contributed by atoms with van der Waals surface area (Å²) >= 11 is 0. The molecule has 4 aliphatic rings. The summed E-state index contributed by atoms with van der Waals surface area (Å²) in [5.41, 5.74) is 2.81. The summed E-state index contributed by atoms with van der Waals surface area (Å²) in [6.07, 6.45) is 6.66. The van der Waals surface area contributed by atoms with Gasteiger partial charge in [0.2, 0.25) is 11.8 Å². The fourth-order valence-electron chi connectivity index (χ4n) is 5.89. The van der Waals surface area contributed by atoms with Gasteiger partial charge in [-0.2, -0.15) is 0 Å². The Morgan fingerprint density at radius 3 is 2.74 bits per heavy atom. The maximum atomic E-state index is 13.1. The fourth-order valence-corrected chi connectivity index (χ4v) is 5.89. The zero-order valence-corrected chi connectivity index (χ0v) is 18.8. The average molecular weight is 466 g/mol. The topological polar surface area (TPSA) is 129 Å². The molecule has 1 spiro atoms. The van der Waals surface area contributed by atoms with Crippen molar-refractivity contribution in [1.29, 1.82) is 0 Å². The molecule has 0 radical (unpaired) electrons. The Morgan fingerprint density at radius 1 is 1.18 bits per heavy atom. The molecule has 1 unspecified atom stereocenters. The van der Waals surface area contributed by atoms with E-state index in [1.54, 1.807) is 0 Å². The number of aromatic nitrogens is 2. The van der Waals surface area contributed by atoms with Crippen molar-refractivity contribution >= 4 is 23.7 Å². The van der Waals surface area contributed by atoms with Gasteiger partial charge in [-0.15, -0.1) is 5.10 Å². The number of anilines is 1. The third-order valence-corrected chi connectivity index (χ3v) is 8.01. The maximum absolute atomic E-state index is 13.1. The van der Waals surface area contributed by atoms with E-state index in [1.807, 2.05) is 18.2 Å². The summed E-state index contributed by atoms with van der Waals surface area (Å²) in [7, 11) is 0. The molecule has 10 nitrogen and oxygen atoms in total. The van der Waals surface area contributed by atoms with Crippen molar-refractivity contribution in [2.45, 2.75) is 70.0 Å². The van der Waals surface area contributed by atoms with Crippen LogP contribution in [-0.2, 0) is 22.7 Å². The van der Waals surface area contributed by atoms with E-state index < -0.39 is 24.6 Å². The molecule has 1 saturated heterocycles. The van der Waals surface area contributed by atoms with Crippen molar-refractivity contribution in [3.8, 4) is 0 Å². The molecule has 6 rings (SSSR count). The van der Waals surface area contributed by atoms with Crippen LogP contribution in [0.5, 0.6) is 0 Å². The van der Waals surface area contributed by atoms with Crippen molar-refractivity contribution in [3.63, 3.8) is 0 Å². The number of hydrogen-bond acceptors (Lipinski definition) is 8. The minimum Gasteiger partial charge on any atom is -0.408 e. The lowest BCUT2D eigenvalue weighted by molar-refractivity contribution is -0.156. The SMILES string of the molecule is O=C1CCC(N2Cc3ccc(CNc4nnc(C5CC6(CCC6)C5)o4)cc3C2=O)C(=O)N1CO. The summed E-state index contributed by atoms with van der Waals surface area (Å²) in [4.78, 5) is 39.9. The van der Waals surface area contributed by atoms with Gasteiger partial charge in [0.25, 0.3) is 11.8 Å². The van der Waals surface area contributed by atoms with E-state index in [9.17, 15) is 19.5 Å². The standard InChI is InChI=1S/C24H27N5O5/c30-13-29-19(31)5-4-18(22(29)33)28-12-15-3-2-14(8-17(15)21(28)32)11-25-23-27-26-20(34-23)16-9-24(10-16)6-1-7-24/h2-3,8,16,18,30H,1,4-7,9-13H2,(H,25,27). The van der Waals surface area contributed by atoms with Crippen LogP contribution in [0.1, 0.15) is 78.2 Å². The predicted molar refractivity (Wildman–Crippen MR) is 118 cm³/mol. The number of nitrogens with one attached hydrogen (secondary N) is 1. The van der Waals surface area contributed by atoms with Crippen molar-refractivity contribution in [2.24, 2.45) is 5.41 Å². The van der Waals surface area contributed by atoms with Crippen molar-refractivity contribution in [2.75, 3.05) is 12.0 Å². The first kappa shape index (κ1) is 21.3. The molecular weight excluding hydrogens is 438 g/mol. The lowest BCUT2D eigenvalue weighted by atomic mass is 9.52. The summed E-state index contributed by atoms with van der Waals surface area (Å²) < 4.78 is 5.82. The lowest BCUT2D eigenvalue weighted by Gasteiger charge is -2.53. The smallest absolute Gasteiger partial charge is 0.315 e. The molecular formula is C24H27N5O5. The molecule has 2 aliphatic carbocycles. The molecule has 2 N–H and O–H groups in total. The van der Waals surface area contributed by atoms with Crippen LogP contribution in [0.15, 0.2) is 22.6 Å². The molecule has 2 saturated carbocycles. The van der Waals surface area contributed by atoms with Gasteiger partial charge in [-0.25, -0.2) is 0 Å². The van der Waals surface area contributed by atoms with Crippen LogP contribution < -0.4 is 5.32 Å². The quantitative estimate of drug-likeness (QED) is 0.621. The predicted octanol–water partition coefficient (Wildman–Crippen LogP) is 2.15. The van der Waals surface area contributed by atoms with Gasteiger partial charge in [-0.1, -0.05) is 23.7 Å². The summed E-state index contributed by atoms with van der Waals surface area (Å²) in [5.74, 6) is -0.106. The molecule has 2 aromatic rings. The van der Waals surface area contributed by atoms with Crippen LogP contribution in [0, 0.1) is 5.41 Å². The second-order valence-corrected chi connectivity index (χ2v) is 10.0. The Bertz CT molecular complexity index is 1160. The number of carbonyl (C=O) groups excluding carboxylic acids is 3. The van der Waals surface area contributed by atoms with E-state index in [2.05, 4.69) is 15.5 Å². The first-order valence-electron chi connectivity index (χ1n) is 11.9. The minimum absolute atomic E-state index is 0.125. The summed E-state index contributed by atoms with van der Waals surface area (Å²) in [6.45, 7) is 0.0611. The van der Waals surface area contributed by atoms with Crippen LogP contribution in [0.25, 0.3) is 0 Å². The monoisotopic (exact) mass is 465 g/mol. The molecule has 1 aromatic carbocycles. The van der Waals surface area contributed by atoms with E-state index in [1.165, 1.54) is 24.2 Å². The zero-order valence-electron chi connectivity index (χ0n) is 18.8. The zero-order chi connectivity index (χ0) is 23.4. The number of hydrogen-bond donors (Lipinski definition) is 2. The van der Waals surface area contributed by atoms with Crippen LogP contribution >= 0.6 is 0 Å². The molecule has 3 fully saturated rings. The molecule has 1 aromatic heterocycles. The van der Waals surface area contributed by atoms with Crippen LogP contribution in [-0.4, -0.2) is 55.6 Å². The maximum Gasteiger partial charge on any atom is 0.315 e. The third kappa shape index (κ3) is 3.39. The van der Waals surface area contributed by atoms with Gasteiger partial charge in [0, 0.05) is 31.0 Å². The summed E-state index contributed by atoms with van der Waals surface area (Å²) in [5, 5.41) is 20.8. The number of aliphatic hydroxyl groups excluding tert-OH is 1. The third-order valence-electron chi connectivity index (χ3n) is 8.01. The second kappa shape index (κ2) is 7.90. The number of rotatable bonds is 6. The largest absolute Gasteiger partial charge is 0.408 e. The highest BCUT2D eigenvalue weighted by atomic mass is 16.4. The van der Waals surface area contributed by atoms with Crippen LogP contribution in [0.3, 0.4) is 0 Å². The molecule has 10 heteroatoms. The number of fused-ring (bicyclic) bond motifs is 1. The molecule has 0 bridgehead atoms. The molecule has 1 atom stereocenters. The number of amides is 3. The minimum atomic E-state index is -0.742. The van der Waals surface area contributed by atoms with Crippen molar-refractivity contribution < 1.29 is 23.9 Å². The van der Waals surface area contributed by atoms with E-state index in [4.69, 9.17) is 4.42 Å². The summed E-state index contributed by atoms with van der Waals surface area (Å²) in [6, 6.07) is 5.26. The van der Waals surface area contributed by atoms with Gasteiger partial charge in [-0.05, 0) is 54.7 Å². The normalized spacial score (nSPS) is 23.8. The van der Waals surface area contributed by atoms with E-state index >= 15 is 0 Å². The van der Waals surface area contributed by atoms with Crippen LogP contribution in [0.4, 0.5) is 6.01 Å². The van der Waals surface area contributed by atoms with E-state index in [0.717, 1.165) is 28.9 Å². The highest BCUT2D eigenvalue weighted by Crippen LogP contribution is 2.61. The number of aliphatic hydroxyl groups is 1. The van der Waals surface area contributed by atoms with Crippen molar-refractivity contribution in [1.82, 2.24) is 20.0 Å².